The highest BCUT2D eigenvalue weighted by Gasteiger charge is 2.39. The summed E-state index contributed by atoms with van der Waals surface area (Å²) >= 11 is 12.7. The zero-order valence-corrected chi connectivity index (χ0v) is 23.1. The Kier molecular flexibility index (Phi) is 7.70. The molecule has 1 amide bonds. The number of rotatable bonds is 5. The van der Waals surface area contributed by atoms with E-state index in [1.807, 2.05) is 41.8 Å². The fourth-order valence-corrected chi connectivity index (χ4v) is 5.49. The van der Waals surface area contributed by atoms with Crippen LogP contribution in [0.25, 0.3) is 17.1 Å². The Bertz CT molecular complexity index is 1540. The summed E-state index contributed by atoms with van der Waals surface area (Å²) in [6.07, 6.45) is -3.83. The number of likely N-dealkylation sites (tertiary alicyclic amines) is 1. The average Bonchev–Trinajstić information content (AvgIpc) is 3.33. The molecule has 1 saturated heterocycles. The van der Waals surface area contributed by atoms with Crippen molar-refractivity contribution in [2.45, 2.75) is 38.0 Å². The van der Waals surface area contributed by atoms with E-state index in [9.17, 15) is 23.1 Å². The van der Waals surface area contributed by atoms with Crippen LogP contribution in [0.15, 0.2) is 72.8 Å². The van der Waals surface area contributed by atoms with E-state index in [-0.39, 0.29) is 43.1 Å². The van der Waals surface area contributed by atoms with Crippen LogP contribution in [-0.2, 0) is 18.2 Å². The normalized spacial score (nSPS) is 15.3. The minimum Gasteiger partial charge on any atom is -0.385 e. The number of piperidine rings is 1. The minimum absolute atomic E-state index is 0.0940. The van der Waals surface area contributed by atoms with Gasteiger partial charge in [-0.2, -0.15) is 13.2 Å². The maximum absolute atomic E-state index is 13.8. The predicted octanol–water partition coefficient (Wildman–Crippen LogP) is 7.55. The summed E-state index contributed by atoms with van der Waals surface area (Å²) in [5, 5.41) is 12.3. The van der Waals surface area contributed by atoms with Crippen molar-refractivity contribution in [2.24, 2.45) is 0 Å². The SMILES string of the molecule is CCc1c(C(=O)N2CCC(O)(c3cccc(C(F)(F)F)c3)CC2)nc(-c2ccccc2Cl)n1-c1ccc(Cl)cc1. The third-order valence-electron chi connectivity index (χ3n) is 7.31. The van der Waals surface area contributed by atoms with Gasteiger partial charge in [-0.3, -0.25) is 9.36 Å². The number of hydrogen-bond acceptors (Lipinski definition) is 3. The first-order chi connectivity index (χ1) is 19.0. The molecule has 0 aliphatic carbocycles. The quantitative estimate of drug-likeness (QED) is 0.262. The van der Waals surface area contributed by atoms with Gasteiger partial charge in [0.25, 0.3) is 5.91 Å². The van der Waals surface area contributed by atoms with Crippen LogP contribution in [0.1, 0.15) is 47.1 Å². The smallest absolute Gasteiger partial charge is 0.385 e. The molecule has 3 aromatic carbocycles. The summed E-state index contributed by atoms with van der Waals surface area (Å²) in [4.78, 5) is 20.2. The van der Waals surface area contributed by atoms with Crippen molar-refractivity contribution in [2.75, 3.05) is 13.1 Å². The highest BCUT2D eigenvalue weighted by atomic mass is 35.5. The first-order valence-corrected chi connectivity index (χ1v) is 13.6. The molecule has 208 valence electrons. The number of benzene rings is 3. The monoisotopic (exact) mass is 587 g/mol. The fraction of sp³-hybridized carbons (Fsp3) is 0.267. The van der Waals surface area contributed by atoms with Crippen LogP contribution in [-0.4, -0.2) is 38.6 Å². The molecule has 4 aromatic rings. The van der Waals surface area contributed by atoms with E-state index in [1.165, 1.54) is 12.1 Å². The molecule has 10 heteroatoms. The Hall–Kier alpha value is -3.33. The number of aromatic nitrogens is 2. The number of aliphatic hydroxyl groups is 1. The van der Waals surface area contributed by atoms with Gasteiger partial charge in [-0.1, -0.05) is 54.4 Å². The minimum atomic E-state index is -4.51. The fourth-order valence-electron chi connectivity index (χ4n) is 5.15. The van der Waals surface area contributed by atoms with Crippen LogP contribution in [0, 0.1) is 0 Å². The summed E-state index contributed by atoms with van der Waals surface area (Å²) in [5.74, 6) is 0.189. The van der Waals surface area contributed by atoms with E-state index in [2.05, 4.69) is 0 Å². The van der Waals surface area contributed by atoms with Gasteiger partial charge in [0.1, 0.15) is 5.82 Å². The summed E-state index contributed by atoms with van der Waals surface area (Å²) in [6, 6.07) is 19.2. The molecule has 1 fully saturated rings. The number of carbonyl (C=O) groups excluding carboxylic acids is 1. The van der Waals surface area contributed by atoms with Gasteiger partial charge in [-0.15, -0.1) is 0 Å². The molecule has 1 N–H and O–H groups in total. The van der Waals surface area contributed by atoms with Crippen molar-refractivity contribution in [3.8, 4) is 17.1 Å². The van der Waals surface area contributed by atoms with Gasteiger partial charge >= 0.3 is 6.18 Å². The lowest BCUT2D eigenvalue weighted by molar-refractivity contribution is -0.137. The summed E-state index contributed by atoms with van der Waals surface area (Å²) < 4.78 is 41.7. The molecule has 0 bridgehead atoms. The van der Waals surface area contributed by atoms with Gasteiger partial charge in [0.15, 0.2) is 5.69 Å². The highest BCUT2D eigenvalue weighted by Crippen LogP contribution is 2.38. The molecule has 5 nitrogen and oxygen atoms in total. The first-order valence-electron chi connectivity index (χ1n) is 12.8. The third kappa shape index (κ3) is 5.36. The number of nitrogens with zero attached hydrogens (tertiary/aromatic N) is 3. The van der Waals surface area contributed by atoms with E-state index < -0.39 is 17.3 Å². The number of amides is 1. The Morgan fingerprint density at radius 2 is 1.68 bits per heavy atom. The zero-order valence-electron chi connectivity index (χ0n) is 21.6. The molecule has 1 aliphatic heterocycles. The molecule has 0 spiro atoms. The van der Waals surface area contributed by atoms with Gasteiger partial charge in [-0.25, -0.2) is 4.98 Å². The number of halogens is 5. The zero-order chi connectivity index (χ0) is 28.7. The van der Waals surface area contributed by atoms with Crippen molar-refractivity contribution in [3.05, 3.63) is 105 Å². The first kappa shape index (κ1) is 28.2. The number of alkyl halides is 3. The maximum Gasteiger partial charge on any atom is 0.416 e. The van der Waals surface area contributed by atoms with Crippen molar-refractivity contribution >= 4 is 29.1 Å². The van der Waals surface area contributed by atoms with Gasteiger partial charge < -0.3 is 10.0 Å². The van der Waals surface area contributed by atoms with Crippen LogP contribution < -0.4 is 0 Å². The number of hydrogen-bond donors (Lipinski definition) is 1. The van der Waals surface area contributed by atoms with Gasteiger partial charge in [0.05, 0.1) is 21.9 Å². The number of carbonyl (C=O) groups is 1. The summed E-state index contributed by atoms with van der Waals surface area (Å²) in [6.45, 7) is 2.24. The largest absolute Gasteiger partial charge is 0.416 e. The standard InChI is InChI=1S/C30H26Cl2F3N3O2/c1-2-25-26(36-27(23-8-3-4-9-24(23)32)38(25)22-12-10-21(31)11-13-22)28(39)37-16-14-29(40,15-17-37)19-6-5-7-20(18-19)30(33,34)35/h3-13,18,40H,2,14-17H2,1H3. The van der Waals surface area contributed by atoms with E-state index in [0.29, 0.717) is 33.5 Å². The van der Waals surface area contributed by atoms with Crippen LogP contribution >= 0.6 is 23.2 Å². The molecule has 0 atom stereocenters. The molecule has 0 unspecified atom stereocenters. The van der Waals surface area contributed by atoms with E-state index in [4.69, 9.17) is 28.2 Å². The molecule has 40 heavy (non-hydrogen) atoms. The lowest BCUT2D eigenvalue weighted by atomic mass is 9.83. The topological polar surface area (TPSA) is 58.4 Å². The van der Waals surface area contributed by atoms with Crippen LogP contribution in [0.5, 0.6) is 0 Å². The van der Waals surface area contributed by atoms with Crippen LogP contribution in [0.3, 0.4) is 0 Å². The molecule has 2 heterocycles. The van der Waals surface area contributed by atoms with Crippen LogP contribution in [0.4, 0.5) is 13.2 Å². The number of imidazole rings is 1. The van der Waals surface area contributed by atoms with Crippen molar-refractivity contribution in [3.63, 3.8) is 0 Å². The Balaban J connectivity index is 1.48. The Morgan fingerprint density at radius 3 is 2.30 bits per heavy atom. The Morgan fingerprint density at radius 1 is 1.00 bits per heavy atom. The molecule has 0 saturated carbocycles. The van der Waals surface area contributed by atoms with Crippen molar-refractivity contribution < 1.29 is 23.1 Å². The molecule has 1 aliphatic rings. The summed E-state index contributed by atoms with van der Waals surface area (Å²) in [5.41, 5.74) is 0.265. The lowest BCUT2D eigenvalue weighted by Crippen LogP contribution is -2.45. The second-order valence-corrected chi connectivity index (χ2v) is 10.6. The second kappa shape index (κ2) is 10.9. The molecule has 0 radical (unpaired) electrons. The third-order valence-corrected chi connectivity index (χ3v) is 7.90. The van der Waals surface area contributed by atoms with E-state index >= 15 is 0 Å². The predicted molar refractivity (Wildman–Crippen MR) is 149 cm³/mol. The van der Waals surface area contributed by atoms with E-state index in [0.717, 1.165) is 17.8 Å². The van der Waals surface area contributed by atoms with Gasteiger partial charge in [-0.05, 0) is 73.4 Å². The second-order valence-electron chi connectivity index (χ2n) is 9.78. The molecule has 5 rings (SSSR count). The summed E-state index contributed by atoms with van der Waals surface area (Å²) in [7, 11) is 0. The van der Waals surface area contributed by atoms with E-state index in [1.54, 1.807) is 23.1 Å². The molecule has 1 aromatic heterocycles. The van der Waals surface area contributed by atoms with Crippen LogP contribution in [0.2, 0.25) is 10.0 Å². The molecular weight excluding hydrogens is 562 g/mol. The molecular formula is C30H26Cl2F3N3O2. The Labute approximate surface area is 239 Å². The van der Waals surface area contributed by atoms with Crippen molar-refractivity contribution in [1.82, 2.24) is 14.5 Å². The maximum atomic E-state index is 13.8. The van der Waals surface area contributed by atoms with Crippen molar-refractivity contribution in [1.29, 1.82) is 0 Å². The van der Waals surface area contributed by atoms with Gasteiger partial charge in [0.2, 0.25) is 0 Å². The van der Waals surface area contributed by atoms with Gasteiger partial charge in [0, 0.05) is 29.4 Å². The average molecular weight is 588 g/mol. The highest BCUT2D eigenvalue weighted by molar-refractivity contribution is 6.33. The lowest BCUT2D eigenvalue weighted by Gasteiger charge is -2.38.